The van der Waals surface area contributed by atoms with Crippen LogP contribution in [0.25, 0.3) is 0 Å². The number of thioether (sulfide) groups is 1. The van der Waals surface area contributed by atoms with Crippen LogP contribution in [0.4, 0.5) is 5.69 Å². The number of halogens is 3. The molecule has 1 aromatic heterocycles. The van der Waals surface area contributed by atoms with E-state index in [1.165, 1.54) is 11.8 Å². The monoisotopic (exact) mass is 585 g/mol. The summed E-state index contributed by atoms with van der Waals surface area (Å²) in [4.78, 5) is 24.7. The van der Waals surface area contributed by atoms with Gasteiger partial charge in [-0.3, -0.25) is 9.59 Å². The minimum absolute atomic E-state index is 0.162. The third kappa shape index (κ3) is 6.31. The van der Waals surface area contributed by atoms with E-state index in [1.54, 1.807) is 30.3 Å². The molecule has 2 aromatic carbocycles. The summed E-state index contributed by atoms with van der Waals surface area (Å²) in [5.41, 5.74) is 1.16. The van der Waals surface area contributed by atoms with Gasteiger partial charge in [-0.1, -0.05) is 35.5 Å². The zero-order valence-corrected chi connectivity index (χ0v) is 21.1. The summed E-state index contributed by atoms with van der Waals surface area (Å²) >= 11 is 14.0. The molecular weight excluding hydrogens is 570 g/mol. The van der Waals surface area contributed by atoms with Crippen molar-refractivity contribution in [2.75, 3.05) is 11.1 Å². The topological polar surface area (TPSA) is 88.9 Å². The van der Waals surface area contributed by atoms with E-state index in [1.807, 2.05) is 23.6 Å². The fraction of sp³-hybridized carbons (Fsp3) is 0.200. The van der Waals surface area contributed by atoms with Crippen LogP contribution in [0.3, 0.4) is 0 Å². The Morgan fingerprint density at radius 3 is 2.61 bits per heavy atom. The van der Waals surface area contributed by atoms with Gasteiger partial charge in [0.15, 0.2) is 11.0 Å². The van der Waals surface area contributed by atoms with E-state index < -0.39 is 0 Å². The quantitative estimate of drug-likeness (QED) is 0.357. The van der Waals surface area contributed by atoms with Crippen molar-refractivity contribution >= 4 is 72.7 Å². The molecule has 0 bridgehead atoms. The molecule has 1 heterocycles. The average molecular weight is 588 g/mol. The molecule has 0 saturated carbocycles. The van der Waals surface area contributed by atoms with Gasteiger partial charge in [0.1, 0.15) is 0 Å². The molecule has 2 N–H and O–H groups in total. The van der Waals surface area contributed by atoms with Gasteiger partial charge in [-0.25, -0.2) is 0 Å². The highest BCUT2D eigenvalue weighted by Gasteiger charge is 2.15. The normalized spacial score (nSPS) is 10.7. The Morgan fingerprint density at radius 1 is 1.13 bits per heavy atom. The van der Waals surface area contributed by atoms with Gasteiger partial charge < -0.3 is 15.2 Å². The summed E-state index contributed by atoms with van der Waals surface area (Å²) in [7, 11) is 0. The molecule has 0 fully saturated rings. The molecule has 0 aliphatic heterocycles. The molecule has 0 aliphatic carbocycles. The number of hydrogen-bond donors (Lipinski definition) is 2. The molecule has 162 valence electrons. The molecule has 0 saturated heterocycles. The van der Waals surface area contributed by atoms with E-state index in [-0.39, 0.29) is 24.1 Å². The first kappa shape index (κ1) is 23.8. The lowest BCUT2D eigenvalue weighted by Gasteiger charge is -2.09. The highest BCUT2D eigenvalue weighted by Crippen LogP contribution is 2.26. The van der Waals surface area contributed by atoms with Gasteiger partial charge in [-0.05, 0) is 69.1 Å². The van der Waals surface area contributed by atoms with Gasteiger partial charge in [0.05, 0.1) is 22.9 Å². The van der Waals surface area contributed by atoms with Crippen molar-refractivity contribution in [1.29, 1.82) is 0 Å². The number of anilines is 1. The molecule has 7 nitrogen and oxygen atoms in total. The second kappa shape index (κ2) is 11.1. The van der Waals surface area contributed by atoms with E-state index in [0.29, 0.717) is 33.8 Å². The van der Waals surface area contributed by atoms with Gasteiger partial charge in [0.2, 0.25) is 5.91 Å². The number of rotatable bonds is 8. The summed E-state index contributed by atoms with van der Waals surface area (Å²) in [6.07, 6.45) is 0. The van der Waals surface area contributed by atoms with Gasteiger partial charge in [-0.2, -0.15) is 0 Å². The van der Waals surface area contributed by atoms with Crippen LogP contribution in [0, 0.1) is 0 Å². The first-order valence-corrected chi connectivity index (χ1v) is 12.2. The fourth-order valence-corrected chi connectivity index (χ4v) is 4.39. The predicted octanol–water partition coefficient (Wildman–Crippen LogP) is 5.14. The molecular formula is C20H18Br2ClN5O2S. The Labute approximate surface area is 205 Å². The van der Waals surface area contributed by atoms with Crippen LogP contribution in [0.2, 0.25) is 5.02 Å². The maximum atomic E-state index is 12.4. The minimum atomic E-state index is -0.208. The Kier molecular flexibility index (Phi) is 8.53. The third-order valence-corrected chi connectivity index (χ3v) is 7.06. The lowest BCUT2D eigenvalue weighted by atomic mass is 10.2. The number of benzene rings is 2. The SMILES string of the molecule is CCn1c(CNC(=O)c2ccccc2Br)nnc1SCC(=O)Nc1ccc(Br)c(Cl)c1. The number of nitrogens with one attached hydrogen (secondary N) is 2. The van der Waals surface area contributed by atoms with Crippen molar-refractivity contribution in [3.63, 3.8) is 0 Å². The van der Waals surface area contributed by atoms with Crippen LogP contribution in [0.1, 0.15) is 23.1 Å². The van der Waals surface area contributed by atoms with Crippen molar-refractivity contribution in [3.05, 3.63) is 67.8 Å². The minimum Gasteiger partial charge on any atom is -0.345 e. The Balaban J connectivity index is 1.58. The molecule has 0 aliphatic rings. The van der Waals surface area contributed by atoms with Crippen molar-refractivity contribution in [3.8, 4) is 0 Å². The second-order valence-corrected chi connectivity index (χ2v) is 9.33. The summed E-state index contributed by atoms with van der Waals surface area (Å²) in [5, 5.41) is 15.1. The summed E-state index contributed by atoms with van der Waals surface area (Å²) in [5.74, 6) is 0.387. The van der Waals surface area contributed by atoms with E-state index in [4.69, 9.17) is 11.6 Å². The largest absolute Gasteiger partial charge is 0.345 e. The average Bonchev–Trinajstić information content (AvgIpc) is 3.15. The van der Waals surface area contributed by atoms with Gasteiger partial charge in [0.25, 0.3) is 5.91 Å². The lowest BCUT2D eigenvalue weighted by Crippen LogP contribution is -2.25. The van der Waals surface area contributed by atoms with Crippen LogP contribution in [-0.4, -0.2) is 32.3 Å². The molecule has 0 spiro atoms. The van der Waals surface area contributed by atoms with Gasteiger partial charge >= 0.3 is 0 Å². The van der Waals surface area contributed by atoms with Crippen molar-refractivity contribution in [1.82, 2.24) is 20.1 Å². The second-order valence-electron chi connectivity index (χ2n) is 6.27. The fourth-order valence-electron chi connectivity index (χ4n) is 2.68. The Hall–Kier alpha value is -1.88. The van der Waals surface area contributed by atoms with Crippen LogP contribution in [0.5, 0.6) is 0 Å². The highest BCUT2D eigenvalue weighted by molar-refractivity contribution is 9.10. The molecule has 2 amide bonds. The standard InChI is InChI=1S/C20H18Br2ClN5O2S/c1-2-28-17(10-24-19(30)13-5-3-4-6-14(13)21)26-27-20(28)31-11-18(29)25-12-7-8-15(22)16(23)9-12/h3-9H,2,10-11H2,1H3,(H,24,30)(H,25,29). The summed E-state index contributed by atoms with van der Waals surface area (Å²) < 4.78 is 3.35. The first-order valence-electron chi connectivity index (χ1n) is 9.21. The molecule has 3 aromatic rings. The van der Waals surface area contributed by atoms with Gasteiger partial charge in [-0.15, -0.1) is 10.2 Å². The van der Waals surface area contributed by atoms with Crippen LogP contribution < -0.4 is 10.6 Å². The highest BCUT2D eigenvalue weighted by atomic mass is 79.9. The number of amides is 2. The maximum Gasteiger partial charge on any atom is 0.252 e. The van der Waals surface area contributed by atoms with Crippen molar-refractivity contribution in [2.24, 2.45) is 0 Å². The molecule has 0 radical (unpaired) electrons. The Morgan fingerprint density at radius 2 is 1.90 bits per heavy atom. The van der Waals surface area contributed by atoms with Crippen LogP contribution in [0.15, 0.2) is 56.6 Å². The zero-order valence-electron chi connectivity index (χ0n) is 16.4. The Bertz CT molecular complexity index is 1110. The molecule has 3 rings (SSSR count). The number of nitrogens with zero attached hydrogens (tertiary/aromatic N) is 3. The molecule has 0 unspecified atom stereocenters. The van der Waals surface area contributed by atoms with Crippen molar-refractivity contribution < 1.29 is 9.59 Å². The van der Waals surface area contributed by atoms with Crippen LogP contribution >= 0.6 is 55.2 Å². The number of carbonyl (C=O) groups is 2. The third-order valence-electron chi connectivity index (χ3n) is 4.17. The van der Waals surface area contributed by atoms with E-state index in [9.17, 15) is 9.59 Å². The summed E-state index contributed by atoms with van der Waals surface area (Å²) in [6.45, 7) is 2.79. The maximum absolute atomic E-state index is 12.4. The van der Waals surface area contributed by atoms with E-state index >= 15 is 0 Å². The summed E-state index contributed by atoms with van der Waals surface area (Å²) in [6, 6.07) is 12.4. The molecule has 11 heteroatoms. The number of aromatic nitrogens is 3. The van der Waals surface area contributed by atoms with E-state index in [0.717, 1.165) is 8.95 Å². The van der Waals surface area contributed by atoms with Crippen LogP contribution in [-0.2, 0) is 17.9 Å². The smallest absolute Gasteiger partial charge is 0.252 e. The molecule has 0 atom stereocenters. The predicted molar refractivity (Wildman–Crippen MR) is 130 cm³/mol. The van der Waals surface area contributed by atoms with E-state index in [2.05, 4.69) is 52.7 Å². The zero-order chi connectivity index (χ0) is 22.4. The lowest BCUT2D eigenvalue weighted by molar-refractivity contribution is -0.113. The molecule has 31 heavy (non-hydrogen) atoms. The number of carbonyl (C=O) groups excluding carboxylic acids is 2. The number of hydrogen-bond acceptors (Lipinski definition) is 5. The first-order chi connectivity index (χ1) is 14.9. The van der Waals surface area contributed by atoms with Gasteiger partial charge in [0, 0.05) is 21.2 Å². The van der Waals surface area contributed by atoms with Crippen molar-refractivity contribution in [2.45, 2.75) is 25.2 Å².